The molecule has 0 spiro atoms. The number of aromatic nitrogens is 1. The van der Waals surface area contributed by atoms with Crippen LogP contribution in [0, 0.1) is 12.7 Å². The minimum Gasteiger partial charge on any atom is -0.465 e. The predicted octanol–water partition coefficient (Wildman–Crippen LogP) is 2.64. The van der Waals surface area contributed by atoms with Gasteiger partial charge < -0.3 is 15.8 Å². The number of esters is 1. The van der Waals surface area contributed by atoms with Gasteiger partial charge in [0, 0.05) is 11.9 Å². The van der Waals surface area contributed by atoms with E-state index in [4.69, 9.17) is 5.73 Å². The molecule has 5 nitrogen and oxygen atoms in total. The van der Waals surface area contributed by atoms with E-state index in [1.807, 2.05) is 0 Å². The van der Waals surface area contributed by atoms with Gasteiger partial charge in [-0.3, -0.25) is 0 Å². The van der Waals surface area contributed by atoms with Crippen LogP contribution in [0.4, 0.5) is 21.6 Å². The molecule has 20 heavy (non-hydrogen) atoms. The van der Waals surface area contributed by atoms with Crippen molar-refractivity contribution < 1.29 is 13.9 Å². The van der Waals surface area contributed by atoms with Crippen molar-refractivity contribution in [3.8, 4) is 0 Å². The van der Waals surface area contributed by atoms with Crippen LogP contribution in [0.15, 0.2) is 30.5 Å². The Labute approximate surface area is 115 Å². The van der Waals surface area contributed by atoms with Crippen molar-refractivity contribution in [2.24, 2.45) is 0 Å². The molecule has 3 N–H and O–H groups in total. The Morgan fingerprint density at radius 2 is 2.15 bits per heavy atom. The van der Waals surface area contributed by atoms with Gasteiger partial charge in [0.2, 0.25) is 0 Å². The van der Waals surface area contributed by atoms with Crippen molar-refractivity contribution in [2.45, 2.75) is 6.92 Å². The minimum atomic E-state index is -0.552. The number of nitrogens with two attached hydrogens (primary N) is 1. The first-order valence-electron chi connectivity index (χ1n) is 5.88. The number of methoxy groups -OCH3 is 1. The van der Waals surface area contributed by atoms with Gasteiger partial charge in [0.1, 0.15) is 5.82 Å². The lowest BCUT2D eigenvalue weighted by atomic mass is 10.2. The molecule has 0 bridgehead atoms. The number of ether oxygens (including phenoxy) is 1. The van der Waals surface area contributed by atoms with Gasteiger partial charge in [0.15, 0.2) is 5.82 Å². The van der Waals surface area contributed by atoms with Gasteiger partial charge in [-0.2, -0.15) is 0 Å². The number of rotatable bonds is 3. The number of anilines is 3. The van der Waals surface area contributed by atoms with Crippen LogP contribution < -0.4 is 11.1 Å². The number of hydrogen-bond acceptors (Lipinski definition) is 5. The number of carbonyl (C=O) groups is 1. The Kier molecular flexibility index (Phi) is 3.84. The number of carbonyl (C=O) groups excluding carboxylic acids is 1. The zero-order valence-electron chi connectivity index (χ0n) is 11.1. The average Bonchev–Trinajstić information content (AvgIpc) is 2.39. The van der Waals surface area contributed by atoms with Crippen LogP contribution in [0.5, 0.6) is 0 Å². The van der Waals surface area contributed by atoms with Crippen molar-refractivity contribution in [2.75, 3.05) is 18.2 Å². The van der Waals surface area contributed by atoms with Crippen molar-refractivity contribution >= 4 is 23.2 Å². The number of benzene rings is 1. The van der Waals surface area contributed by atoms with E-state index in [1.165, 1.54) is 31.5 Å². The second-order valence-electron chi connectivity index (χ2n) is 4.25. The number of hydrogen-bond donors (Lipinski definition) is 2. The van der Waals surface area contributed by atoms with Gasteiger partial charge in [-0.25, -0.2) is 14.2 Å². The Hall–Kier alpha value is -2.63. The fourth-order valence-corrected chi connectivity index (χ4v) is 1.81. The standard InChI is InChI=1S/C14H14FN3O2/c1-8-5-9(15)7-10(6-8)18-13-12(16)11(3-4-17-13)14(19)20-2/h3-7H,16H2,1-2H3,(H,17,18). The molecule has 1 heterocycles. The first kappa shape index (κ1) is 13.8. The van der Waals surface area contributed by atoms with Crippen LogP contribution in [0.1, 0.15) is 15.9 Å². The summed E-state index contributed by atoms with van der Waals surface area (Å²) in [5.74, 6) is -0.642. The van der Waals surface area contributed by atoms with Gasteiger partial charge in [-0.05, 0) is 36.8 Å². The summed E-state index contributed by atoms with van der Waals surface area (Å²) in [6, 6.07) is 5.93. The molecule has 0 saturated carbocycles. The number of pyridine rings is 1. The highest BCUT2D eigenvalue weighted by Crippen LogP contribution is 2.25. The van der Waals surface area contributed by atoms with Gasteiger partial charge in [0.25, 0.3) is 0 Å². The third-order valence-corrected chi connectivity index (χ3v) is 2.70. The topological polar surface area (TPSA) is 77.2 Å². The van der Waals surface area contributed by atoms with E-state index in [-0.39, 0.29) is 22.9 Å². The molecule has 0 aliphatic heterocycles. The molecule has 0 aliphatic carbocycles. The Morgan fingerprint density at radius 1 is 1.40 bits per heavy atom. The maximum atomic E-state index is 13.3. The number of nitrogen functional groups attached to an aromatic ring is 1. The van der Waals surface area contributed by atoms with Gasteiger partial charge in [0.05, 0.1) is 18.4 Å². The molecule has 0 radical (unpaired) electrons. The molecule has 2 aromatic rings. The molecule has 1 aromatic carbocycles. The molecule has 0 saturated heterocycles. The largest absolute Gasteiger partial charge is 0.465 e. The second kappa shape index (κ2) is 5.56. The van der Waals surface area contributed by atoms with Crippen molar-refractivity contribution in [1.29, 1.82) is 0 Å². The predicted molar refractivity (Wildman–Crippen MR) is 74.4 cm³/mol. The minimum absolute atomic E-state index is 0.154. The van der Waals surface area contributed by atoms with E-state index >= 15 is 0 Å². The SMILES string of the molecule is COC(=O)c1ccnc(Nc2cc(C)cc(F)c2)c1N. The molecule has 0 unspecified atom stereocenters. The molecule has 0 fully saturated rings. The van der Waals surface area contributed by atoms with E-state index in [9.17, 15) is 9.18 Å². The fourth-order valence-electron chi connectivity index (χ4n) is 1.81. The maximum absolute atomic E-state index is 13.3. The Bertz CT molecular complexity index is 639. The summed E-state index contributed by atoms with van der Waals surface area (Å²) in [7, 11) is 1.27. The summed E-state index contributed by atoms with van der Waals surface area (Å²) in [5.41, 5.74) is 7.49. The lowest BCUT2D eigenvalue weighted by Gasteiger charge is -2.11. The fraction of sp³-hybridized carbons (Fsp3) is 0.143. The van der Waals surface area contributed by atoms with Gasteiger partial charge >= 0.3 is 5.97 Å². The van der Waals surface area contributed by atoms with Crippen molar-refractivity contribution in [1.82, 2.24) is 4.98 Å². The number of halogens is 1. The quantitative estimate of drug-likeness (QED) is 0.842. The van der Waals surface area contributed by atoms with Crippen LogP contribution >= 0.6 is 0 Å². The van der Waals surface area contributed by atoms with Crippen LogP contribution in [-0.4, -0.2) is 18.1 Å². The normalized spacial score (nSPS) is 10.2. The molecule has 0 aliphatic rings. The first-order chi connectivity index (χ1) is 9.51. The van der Waals surface area contributed by atoms with Crippen molar-refractivity contribution in [3.63, 3.8) is 0 Å². The van der Waals surface area contributed by atoms with E-state index in [0.717, 1.165) is 5.56 Å². The molecule has 2 rings (SSSR count). The third-order valence-electron chi connectivity index (χ3n) is 2.70. The lowest BCUT2D eigenvalue weighted by molar-refractivity contribution is 0.0602. The summed E-state index contributed by atoms with van der Waals surface area (Å²) >= 11 is 0. The number of nitrogens with zero attached hydrogens (tertiary/aromatic N) is 1. The Morgan fingerprint density at radius 3 is 2.80 bits per heavy atom. The molecule has 104 valence electrons. The zero-order valence-corrected chi connectivity index (χ0v) is 11.1. The maximum Gasteiger partial charge on any atom is 0.340 e. The average molecular weight is 275 g/mol. The first-order valence-corrected chi connectivity index (χ1v) is 5.88. The summed E-state index contributed by atoms with van der Waals surface area (Å²) in [5, 5.41) is 2.89. The van der Waals surface area contributed by atoms with E-state index in [1.54, 1.807) is 13.0 Å². The van der Waals surface area contributed by atoms with Gasteiger partial charge in [-0.1, -0.05) is 0 Å². The highest BCUT2D eigenvalue weighted by atomic mass is 19.1. The van der Waals surface area contributed by atoms with Crippen molar-refractivity contribution in [3.05, 3.63) is 47.4 Å². The smallest absolute Gasteiger partial charge is 0.340 e. The zero-order chi connectivity index (χ0) is 14.7. The molecule has 1 aromatic heterocycles. The number of aryl methyl sites for hydroxylation is 1. The highest BCUT2D eigenvalue weighted by molar-refractivity contribution is 5.97. The number of nitrogens with one attached hydrogen (secondary N) is 1. The van der Waals surface area contributed by atoms with Crippen LogP contribution in [0.25, 0.3) is 0 Å². The monoisotopic (exact) mass is 275 g/mol. The van der Waals surface area contributed by atoms with E-state index in [0.29, 0.717) is 5.69 Å². The van der Waals surface area contributed by atoms with E-state index < -0.39 is 5.97 Å². The molecule has 6 heteroatoms. The third kappa shape index (κ3) is 2.85. The lowest BCUT2D eigenvalue weighted by Crippen LogP contribution is -2.09. The molecular formula is C14H14FN3O2. The highest BCUT2D eigenvalue weighted by Gasteiger charge is 2.14. The molecular weight excluding hydrogens is 261 g/mol. The summed E-state index contributed by atoms with van der Waals surface area (Å²) < 4.78 is 18.0. The van der Waals surface area contributed by atoms with Crippen LogP contribution in [0.2, 0.25) is 0 Å². The second-order valence-corrected chi connectivity index (χ2v) is 4.25. The Balaban J connectivity index is 2.36. The summed E-state index contributed by atoms with van der Waals surface area (Å²) in [6.07, 6.45) is 1.43. The molecule has 0 atom stereocenters. The summed E-state index contributed by atoms with van der Waals surface area (Å²) in [6.45, 7) is 1.77. The van der Waals surface area contributed by atoms with Crippen LogP contribution in [-0.2, 0) is 4.74 Å². The molecule has 0 amide bonds. The summed E-state index contributed by atoms with van der Waals surface area (Å²) in [4.78, 5) is 15.6. The van der Waals surface area contributed by atoms with Crippen LogP contribution in [0.3, 0.4) is 0 Å². The van der Waals surface area contributed by atoms with E-state index in [2.05, 4.69) is 15.0 Å². The van der Waals surface area contributed by atoms with Gasteiger partial charge in [-0.15, -0.1) is 0 Å².